The van der Waals surface area contributed by atoms with Crippen molar-refractivity contribution in [3.63, 3.8) is 0 Å². The summed E-state index contributed by atoms with van der Waals surface area (Å²) >= 11 is 0.518. The molecule has 0 nitrogen and oxygen atoms in total. The van der Waals surface area contributed by atoms with Crippen LogP contribution in [0.4, 0.5) is 0 Å². The van der Waals surface area contributed by atoms with E-state index in [0.29, 0.717) is 18.1 Å². The van der Waals surface area contributed by atoms with E-state index in [-0.39, 0.29) is 0 Å². The molecule has 2 heteroatoms. The quantitative estimate of drug-likeness (QED) is 0.357. The van der Waals surface area contributed by atoms with Crippen LogP contribution < -0.4 is 21.2 Å². The minimum atomic E-state index is -2.63. The van der Waals surface area contributed by atoms with Crippen molar-refractivity contribution < 1.29 is 0 Å². The van der Waals surface area contributed by atoms with E-state index in [9.17, 15) is 0 Å². The molecule has 0 radical (unpaired) electrons. The third-order valence-electron chi connectivity index (χ3n) is 5.61. The Morgan fingerprint density at radius 2 is 0.538 bits per heavy atom. The molecule has 4 aromatic carbocycles. The van der Waals surface area contributed by atoms with Crippen LogP contribution in [0.5, 0.6) is 0 Å². The van der Waals surface area contributed by atoms with Gasteiger partial charge in [0.05, 0.1) is 0 Å². The Morgan fingerprint density at radius 1 is 0.346 bits per heavy atom. The standard InChI is InChI=1S/C24H20P.Ga.2H/c1-5-13-21(14-6-1)25(22-15-7-2-8-16-22,23-17-9-3-10-18-23)24-19-11-4-12-20-24;;;/h1-20H;;;/q+1;-1;;. The van der Waals surface area contributed by atoms with Crippen molar-refractivity contribution in [3.8, 4) is 0 Å². The summed E-state index contributed by atoms with van der Waals surface area (Å²) in [6.07, 6.45) is 0. The van der Waals surface area contributed by atoms with Crippen molar-refractivity contribution in [2.24, 2.45) is 0 Å². The van der Waals surface area contributed by atoms with Gasteiger partial charge < -0.3 is 0 Å². The van der Waals surface area contributed by atoms with Gasteiger partial charge in [-0.15, -0.1) is 0 Å². The van der Waals surface area contributed by atoms with Gasteiger partial charge in [0.1, 0.15) is 0 Å². The minimum absolute atomic E-state index is 0.518. The molecule has 0 aliphatic heterocycles. The normalized spacial score (nSPS) is 12.8. The van der Waals surface area contributed by atoms with E-state index in [4.69, 9.17) is 0 Å². The molecule has 0 atom stereocenters. The fourth-order valence-electron chi connectivity index (χ4n) is 4.10. The zero-order valence-corrected chi connectivity index (χ0v) is 20.1. The Labute approximate surface area is 165 Å². The van der Waals surface area contributed by atoms with Gasteiger partial charge in [-0.1, -0.05) is 0 Å². The van der Waals surface area contributed by atoms with Gasteiger partial charge in [0.25, 0.3) is 0 Å². The van der Waals surface area contributed by atoms with Crippen molar-refractivity contribution in [2.45, 2.75) is 0 Å². The van der Waals surface area contributed by atoms with Crippen LogP contribution in [-0.4, -0.2) is 18.1 Å². The number of benzene rings is 4. The van der Waals surface area contributed by atoms with Crippen LogP contribution in [0.3, 0.4) is 0 Å². The second-order valence-corrected chi connectivity index (χ2v) is 23.4. The average Bonchev–Trinajstić information content (AvgIpc) is 2.76. The Morgan fingerprint density at radius 3 is 0.731 bits per heavy atom. The summed E-state index contributed by atoms with van der Waals surface area (Å²) < 4.78 is 0. The molecule has 0 aliphatic carbocycles. The van der Waals surface area contributed by atoms with Gasteiger partial charge >= 0.3 is 166 Å². The van der Waals surface area contributed by atoms with Gasteiger partial charge in [0.15, 0.2) is 0 Å². The number of rotatable bonds is 4. The molecular formula is C24H22GaP. The Hall–Kier alpha value is -2.05. The molecule has 126 valence electrons. The van der Waals surface area contributed by atoms with Crippen molar-refractivity contribution in [1.82, 2.24) is 0 Å². The van der Waals surface area contributed by atoms with E-state index >= 15 is 0 Å². The Bertz CT molecular complexity index is 814. The van der Waals surface area contributed by atoms with Crippen LogP contribution in [-0.2, 0) is 0 Å². The van der Waals surface area contributed by atoms with E-state index in [1.54, 1.807) is 0 Å². The molecule has 26 heavy (non-hydrogen) atoms. The molecule has 0 heterocycles. The SMILES string of the molecule is [GaH2][P](c1ccccc1)(c1ccccc1)(c1ccccc1)c1ccccc1. The second kappa shape index (κ2) is 6.93. The fourth-order valence-corrected chi connectivity index (χ4v) is 17.1. The zero-order valence-electron chi connectivity index (χ0n) is 15.0. The van der Waals surface area contributed by atoms with E-state index in [0.717, 1.165) is 0 Å². The average molecular weight is 411 g/mol. The van der Waals surface area contributed by atoms with Crippen molar-refractivity contribution in [1.29, 1.82) is 0 Å². The molecule has 0 saturated carbocycles. The molecular weight excluding hydrogens is 389 g/mol. The molecule has 0 saturated heterocycles. The summed E-state index contributed by atoms with van der Waals surface area (Å²) in [6.45, 7) is 0. The van der Waals surface area contributed by atoms with Gasteiger partial charge in [-0.25, -0.2) is 0 Å². The van der Waals surface area contributed by atoms with Gasteiger partial charge in [-0.3, -0.25) is 0 Å². The Kier molecular flexibility index (Phi) is 4.63. The van der Waals surface area contributed by atoms with E-state index < -0.39 is 4.89 Å². The maximum absolute atomic E-state index is 2.63. The number of hydrogen-bond donors (Lipinski definition) is 0. The van der Waals surface area contributed by atoms with Crippen LogP contribution in [0.25, 0.3) is 0 Å². The van der Waals surface area contributed by atoms with Crippen LogP contribution in [0.15, 0.2) is 121 Å². The summed E-state index contributed by atoms with van der Waals surface area (Å²) in [5.41, 5.74) is 0. The summed E-state index contributed by atoms with van der Waals surface area (Å²) in [5.74, 6) is 0. The molecule has 0 unspecified atom stereocenters. The molecule has 0 fully saturated rings. The van der Waals surface area contributed by atoms with E-state index in [1.165, 1.54) is 21.2 Å². The molecule has 0 spiro atoms. The van der Waals surface area contributed by atoms with Gasteiger partial charge in [-0.05, 0) is 0 Å². The summed E-state index contributed by atoms with van der Waals surface area (Å²) in [5, 5.41) is 5.90. The van der Waals surface area contributed by atoms with Crippen LogP contribution in [0, 0.1) is 0 Å². The van der Waals surface area contributed by atoms with Crippen LogP contribution >= 0.6 is 4.89 Å². The molecule has 0 aliphatic rings. The molecule has 0 aromatic heterocycles. The molecule has 0 bridgehead atoms. The monoisotopic (exact) mass is 410 g/mol. The summed E-state index contributed by atoms with van der Waals surface area (Å²) in [7, 11) is 0. The van der Waals surface area contributed by atoms with Crippen molar-refractivity contribution in [2.75, 3.05) is 0 Å². The molecule has 4 rings (SSSR count). The molecule has 4 aromatic rings. The van der Waals surface area contributed by atoms with E-state index in [2.05, 4.69) is 121 Å². The first-order valence-corrected chi connectivity index (χ1v) is 17.3. The third-order valence-corrected chi connectivity index (χ3v) is 25.0. The molecule has 0 N–H and O–H groups in total. The third kappa shape index (κ3) is 2.51. The van der Waals surface area contributed by atoms with Crippen LogP contribution in [0.2, 0.25) is 0 Å². The predicted molar refractivity (Wildman–Crippen MR) is 120 cm³/mol. The van der Waals surface area contributed by atoms with Gasteiger partial charge in [-0.2, -0.15) is 0 Å². The van der Waals surface area contributed by atoms with Crippen LogP contribution in [0.1, 0.15) is 0 Å². The zero-order chi connectivity index (χ0) is 17.9. The second-order valence-electron chi connectivity index (χ2n) is 6.91. The fraction of sp³-hybridized carbons (Fsp3) is 0. The number of hydrogen-bond acceptors (Lipinski definition) is 0. The first kappa shape index (κ1) is 17.4. The van der Waals surface area contributed by atoms with Gasteiger partial charge in [0.2, 0.25) is 0 Å². The van der Waals surface area contributed by atoms with Crippen molar-refractivity contribution >= 4 is 44.2 Å². The summed E-state index contributed by atoms with van der Waals surface area (Å²) in [4.78, 5) is -2.63. The first-order valence-electron chi connectivity index (χ1n) is 8.98. The predicted octanol–water partition coefficient (Wildman–Crippen LogP) is 3.39. The molecule has 0 amide bonds. The topological polar surface area (TPSA) is 0 Å². The Balaban J connectivity index is 2.23. The summed E-state index contributed by atoms with van der Waals surface area (Å²) in [6, 6.07) is 44.8. The van der Waals surface area contributed by atoms with Crippen molar-refractivity contribution in [3.05, 3.63) is 121 Å². The first-order chi connectivity index (χ1) is 12.7. The van der Waals surface area contributed by atoms with Gasteiger partial charge in [0, 0.05) is 0 Å². The van der Waals surface area contributed by atoms with E-state index in [1.807, 2.05) is 0 Å². The maximum atomic E-state index is 2.34.